The molecule has 2 amide bonds. The molecule has 1 aliphatic heterocycles. The molecular formula is C20H29N5O2. The molecule has 27 heavy (non-hydrogen) atoms. The van der Waals surface area contributed by atoms with Crippen LogP contribution in [0.1, 0.15) is 24.5 Å². The van der Waals surface area contributed by atoms with Crippen LogP contribution in [0.25, 0.3) is 0 Å². The largest absolute Gasteiger partial charge is 0.388 e. The predicted molar refractivity (Wildman–Crippen MR) is 105 cm³/mol. The van der Waals surface area contributed by atoms with Gasteiger partial charge in [-0.25, -0.2) is 4.79 Å². The second-order valence-corrected chi connectivity index (χ2v) is 7.41. The monoisotopic (exact) mass is 371 g/mol. The Morgan fingerprint density at radius 2 is 2.00 bits per heavy atom. The van der Waals surface area contributed by atoms with E-state index in [1.807, 2.05) is 60.2 Å². The molecule has 1 saturated heterocycles. The third-order valence-corrected chi connectivity index (χ3v) is 5.08. The molecule has 2 N–H and O–H groups in total. The Hall–Kier alpha value is -2.38. The lowest BCUT2D eigenvalue weighted by Gasteiger charge is -2.34. The van der Waals surface area contributed by atoms with Gasteiger partial charge in [0, 0.05) is 25.8 Å². The predicted octanol–water partition coefficient (Wildman–Crippen LogP) is 2.42. The average molecular weight is 371 g/mol. The summed E-state index contributed by atoms with van der Waals surface area (Å²) in [6.07, 6.45) is 4.66. The molecule has 7 nitrogen and oxygen atoms in total. The smallest absolute Gasteiger partial charge is 0.321 e. The Balaban J connectivity index is 1.47. The highest BCUT2D eigenvalue weighted by atomic mass is 16.3. The van der Waals surface area contributed by atoms with E-state index in [-0.39, 0.29) is 11.9 Å². The maximum Gasteiger partial charge on any atom is 0.321 e. The number of aliphatic hydroxyl groups excluding tert-OH is 1. The number of anilines is 1. The number of benzene rings is 1. The van der Waals surface area contributed by atoms with Crippen LogP contribution < -0.4 is 5.32 Å². The number of carbonyl (C=O) groups excluding carboxylic acids is 1. The Morgan fingerprint density at radius 3 is 2.67 bits per heavy atom. The summed E-state index contributed by atoms with van der Waals surface area (Å²) in [5, 5.41) is 17.8. The lowest BCUT2D eigenvalue weighted by atomic mass is 9.87. The Bertz CT molecular complexity index is 723. The number of hydrogen-bond acceptors (Lipinski definition) is 4. The highest BCUT2D eigenvalue weighted by molar-refractivity contribution is 5.89. The quantitative estimate of drug-likeness (QED) is 0.818. The maximum absolute atomic E-state index is 12.5. The molecule has 1 fully saturated rings. The van der Waals surface area contributed by atoms with Gasteiger partial charge in [0.2, 0.25) is 0 Å². The fraction of sp³-hybridized carbons (Fsp3) is 0.500. The van der Waals surface area contributed by atoms with Crippen molar-refractivity contribution in [3.63, 3.8) is 0 Å². The molecule has 0 radical (unpaired) electrons. The van der Waals surface area contributed by atoms with Gasteiger partial charge < -0.3 is 20.2 Å². The average Bonchev–Trinajstić information content (AvgIpc) is 3.14. The number of aliphatic hydroxyl groups is 1. The van der Waals surface area contributed by atoms with E-state index in [1.54, 1.807) is 6.20 Å². The SMILES string of the molecule is CN(C)CCn1cc(NC(=O)N2CCC([C@H](O)c3ccccc3)CC2)cn1. The van der Waals surface area contributed by atoms with Crippen molar-refractivity contribution in [3.8, 4) is 0 Å². The number of aromatic nitrogens is 2. The maximum atomic E-state index is 12.5. The summed E-state index contributed by atoms with van der Waals surface area (Å²) in [5.41, 5.74) is 1.66. The molecule has 1 atom stereocenters. The topological polar surface area (TPSA) is 73.6 Å². The van der Waals surface area contributed by atoms with Gasteiger partial charge >= 0.3 is 6.03 Å². The van der Waals surface area contributed by atoms with Crippen LogP contribution in [0.2, 0.25) is 0 Å². The standard InChI is InChI=1S/C20H29N5O2/c1-23(2)12-13-25-15-18(14-21-25)22-20(27)24-10-8-17(9-11-24)19(26)16-6-4-3-5-7-16/h3-7,14-15,17,19,26H,8-13H2,1-2H3,(H,22,27)/t19-/m1/s1. The number of carbonyl (C=O) groups is 1. The number of amides is 2. The van der Waals surface area contributed by atoms with Crippen molar-refractivity contribution in [1.29, 1.82) is 0 Å². The second kappa shape index (κ2) is 9.01. The second-order valence-electron chi connectivity index (χ2n) is 7.41. The van der Waals surface area contributed by atoms with Crippen molar-refractivity contribution >= 4 is 11.7 Å². The molecule has 7 heteroatoms. The molecule has 3 rings (SSSR count). The number of likely N-dealkylation sites (N-methyl/N-ethyl adjacent to an activating group) is 1. The minimum absolute atomic E-state index is 0.102. The van der Waals surface area contributed by atoms with Crippen molar-refractivity contribution in [2.45, 2.75) is 25.5 Å². The normalized spacial score (nSPS) is 16.5. The van der Waals surface area contributed by atoms with Crippen LogP contribution >= 0.6 is 0 Å². The number of piperidine rings is 1. The van der Waals surface area contributed by atoms with Crippen molar-refractivity contribution < 1.29 is 9.90 Å². The Morgan fingerprint density at radius 1 is 1.30 bits per heavy atom. The molecule has 0 spiro atoms. The molecule has 0 aliphatic carbocycles. The molecule has 146 valence electrons. The van der Waals surface area contributed by atoms with Crippen LogP contribution in [-0.2, 0) is 6.54 Å². The molecule has 0 bridgehead atoms. The number of nitrogens with one attached hydrogen (secondary N) is 1. The van der Waals surface area contributed by atoms with E-state index >= 15 is 0 Å². The number of likely N-dealkylation sites (tertiary alicyclic amines) is 1. The van der Waals surface area contributed by atoms with Crippen molar-refractivity contribution in [3.05, 3.63) is 48.3 Å². The number of rotatable bonds is 6. The zero-order chi connectivity index (χ0) is 19.2. The van der Waals surface area contributed by atoms with Gasteiger partial charge in [-0.1, -0.05) is 30.3 Å². The molecule has 1 aliphatic rings. The van der Waals surface area contributed by atoms with Gasteiger partial charge in [0.25, 0.3) is 0 Å². The van der Waals surface area contributed by atoms with Crippen LogP contribution in [0, 0.1) is 5.92 Å². The van der Waals surface area contributed by atoms with Crippen molar-refractivity contribution in [2.75, 3.05) is 39.0 Å². The molecule has 1 aromatic carbocycles. The van der Waals surface area contributed by atoms with E-state index in [4.69, 9.17) is 0 Å². The van der Waals surface area contributed by atoms with E-state index in [1.165, 1.54) is 0 Å². The van der Waals surface area contributed by atoms with Gasteiger partial charge in [0.05, 0.1) is 24.5 Å². The summed E-state index contributed by atoms with van der Waals surface area (Å²) in [6, 6.07) is 9.65. The number of hydrogen-bond donors (Lipinski definition) is 2. The van der Waals surface area contributed by atoms with Crippen LogP contribution in [0.4, 0.5) is 10.5 Å². The molecule has 2 heterocycles. The van der Waals surface area contributed by atoms with E-state index in [0.29, 0.717) is 18.8 Å². The lowest BCUT2D eigenvalue weighted by molar-refractivity contribution is 0.0683. The summed E-state index contributed by atoms with van der Waals surface area (Å²) in [6.45, 7) is 2.97. The van der Waals surface area contributed by atoms with E-state index in [9.17, 15) is 9.90 Å². The van der Waals surface area contributed by atoms with Crippen molar-refractivity contribution in [1.82, 2.24) is 19.6 Å². The molecular weight excluding hydrogens is 342 g/mol. The fourth-order valence-corrected chi connectivity index (χ4v) is 3.40. The third-order valence-electron chi connectivity index (χ3n) is 5.08. The summed E-state index contributed by atoms with van der Waals surface area (Å²) in [5.74, 6) is 0.185. The Labute approximate surface area is 160 Å². The van der Waals surface area contributed by atoms with E-state index in [0.717, 1.165) is 31.5 Å². The van der Waals surface area contributed by atoms with Gasteiger partial charge in [-0.3, -0.25) is 4.68 Å². The third kappa shape index (κ3) is 5.30. The zero-order valence-corrected chi connectivity index (χ0v) is 16.1. The summed E-state index contributed by atoms with van der Waals surface area (Å²) in [4.78, 5) is 16.4. The van der Waals surface area contributed by atoms with Crippen LogP contribution in [0.3, 0.4) is 0 Å². The number of nitrogens with zero attached hydrogens (tertiary/aromatic N) is 4. The van der Waals surface area contributed by atoms with Crippen LogP contribution in [-0.4, -0.2) is 64.4 Å². The van der Waals surface area contributed by atoms with Gasteiger partial charge in [-0.2, -0.15) is 5.10 Å². The fourth-order valence-electron chi connectivity index (χ4n) is 3.40. The summed E-state index contributed by atoms with van der Waals surface area (Å²) >= 11 is 0. The van der Waals surface area contributed by atoms with Gasteiger partial charge in [0.1, 0.15) is 0 Å². The van der Waals surface area contributed by atoms with Gasteiger partial charge in [-0.15, -0.1) is 0 Å². The highest BCUT2D eigenvalue weighted by Crippen LogP contribution is 2.30. The molecule has 0 saturated carbocycles. The minimum atomic E-state index is -0.466. The Kier molecular flexibility index (Phi) is 6.47. The first kappa shape index (κ1) is 19.4. The van der Waals surface area contributed by atoms with Crippen LogP contribution in [0.5, 0.6) is 0 Å². The summed E-state index contributed by atoms with van der Waals surface area (Å²) in [7, 11) is 4.04. The summed E-state index contributed by atoms with van der Waals surface area (Å²) < 4.78 is 1.83. The van der Waals surface area contributed by atoms with E-state index < -0.39 is 6.10 Å². The zero-order valence-electron chi connectivity index (χ0n) is 16.1. The van der Waals surface area contributed by atoms with Crippen LogP contribution in [0.15, 0.2) is 42.7 Å². The molecule has 1 aromatic heterocycles. The van der Waals surface area contributed by atoms with Crippen molar-refractivity contribution in [2.24, 2.45) is 5.92 Å². The molecule has 0 unspecified atom stereocenters. The first-order chi connectivity index (χ1) is 13.0. The first-order valence-corrected chi connectivity index (χ1v) is 9.49. The first-order valence-electron chi connectivity index (χ1n) is 9.49. The van der Waals surface area contributed by atoms with Gasteiger partial charge in [0.15, 0.2) is 0 Å². The van der Waals surface area contributed by atoms with Gasteiger partial charge in [-0.05, 0) is 38.4 Å². The van der Waals surface area contributed by atoms with E-state index in [2.05, 4.69) is 15.3 Å². The minimum Gasteiger partial charge on any atom is -0.388 e. The lowest BCUT2D eigenvalue weighted by Crippen LogP contribution is -2.42. The highest BCUT2D eigenvalue weighted by Gasteiger charge is 2.28. The molecule has 2 aromatic rings. The number of urea groups is 1.